The molecule has 0 bridgehead atoms. The summed E-state index contributed by atoms with van der Waals surface area (Å²) in [5.74, 6) is 2.14. The molecule has 0 amide bonds. The molecule has 0 aliphatic carbocycles. The Morgan fingerprint density at radius 1 is 1.35 bits per heavy atom. The first-order chi connectivity index (χ1) is 10.6. The SMILES string of the molecule is CN=C(NCc1cccc(COC)c1)NCC1(C)CCCS1.I. The predicted octanol–water partition coefficient (Wildman–Crippen LogP) is 3.40. The molecule has 1 heterocycles. The van der Waals surface area contributed by atoms with Crippen molar-refractivity contribution in [3.8, 4) is 0 Å². The van der Waals surface area contributed by atoms with Crippen molar-refractivity contribution in [2.75, 3.05) is 26.5 Å². The average Bonchev–Trinajstić information content (AvgIpc) is 2.95. The van der Waals surface area contributed by atoms with E-state index in [0.717, 1.165) is 19.0 Å². The number of rotatable bonds is 6. The Morgan fingerprint density at radius 2 is 2.13 bits per heavy atom. The third-order valence-corrected chi connectivity index (χ3v) is 5.45. The van der Waals surface area contributed by atoms with Gasteiger partial charge in [-0.05, 0) is 36.6 Å². The van der Waals surface area contributed by atoms with Crippen LogP contribution in [-0.4, -0.2) is 37.2 Å². The first kappa shape index (κ1) is 20.6. The minimum Gasteiger partial charge on any atom is -0.380 e. The molecule has 2 rings (SSSR count). The van der Waals surface area contributed by atoms with Crippen LogP contribution < -0.4 is 10.6 Å². The summed E-state index contributed by atoms with van der Waals surface area (Å²) < 4.78 is 5.52. The molecule has 1 unspecified atom stereocenters. The fraction of sp³-hybridized carbons (Fsp3) is 0.588. The van der Waals surface area contributed by atoms with E-state index in [4.69, 9.17) is 4.74 Å². The van der Waals surface area contributed by atoms with Crippen LogP contribution in [-0.2, 0) is 17.9 Å². The third kappa shape index (κ3) is 6.89. The maximum Gasteiger partial charge on any atom is 0.191 e. The summed E-state index contributed by atoms with van der Waals surface area (Å²) in [6.45, 7) is 4.71. The Bertz CT molecular complexity index is 504. The van der Waals surface area contributed by atoms with Gasteiger partial charge in [0.05, 0.1) is 6.61 Å². The van der Waals surface area contributed by atoms with Crippen LogP contribution in [0.15, 0.2) is 29.3 Å². The summed E-state index contributed by atoms with van der Waals surface area (Å²) in [5, 5.41) is 6.84. The number of aliphatic imine (C=N–C) groups is 1. The van der Waals surface area contributed by atoms with Crippen LogP contribution >= 0.6 is 35.7 Å². The fourth-order valence-corrected chi connectivity index (χ4v) is 3.89. The van der Waals surface area contributed by atoms with Gasteiger partial charge in [-0.2, -0.15) is 11.8 Å². The van der Waals surface area contributed by atoms with Crippen molar-refractivity contribution in [1.29, 1.82) is 0 Å². The zero-order valence-corrected chi connectivity index (χ0v) is 17.4. The molecule has 0 saturated carbocycles. The molecule has 1 fully saturated rings. The molecule has 4 nitrogen and oxygen atoms in total. The maximum absolute atomic E-state index is 5.18. The summed E-state index contributed by atoms with van der Waals surface area (Å²) in [7, 11) is 3.54. The lowest BCUT2D eigenvalue weighted by Gasteiger charge is -2.24. The number of guanidine groups is 1. The molecular weight excluding hydrogens is 421 g/mol. The van der Waals surface area contributed by atoms with Crippen molar-refractivity contribution in [1.82, 2.24) is 10.6 Å². The predicted molar refractivity (Wildman–Crippen MR) is 111 cm³/mol. The highest BCUT2D eigenvalue weighted by atomic mass is 127. The lowest BCUT2D eigenvalue weighted by molar-refractivity contribution is 0.185. The van der Waals surface area contributed by atoms with E-state index in [1.165, 1.54) is 29.7 Å². The van der Waals surface area contributed by atoms with Crippen LogP contribution in [0, 0.1) is 0 Å². The Hall–Kier alpha value is -0.470. The van der Waals surface area contributed by atoms with Crippen molar-refractivity contribution in [2.24, 2.45) is 4.99 Å². The summed E-state index contributed by atoms with van der Waals surface area (Å²) in [5.41, 5.74) is 2.43. The second kappa shape index (κ2) is 10.4. The van der Waals surface area contributed by atoms with Gasteiger partial charge in [0.25, 0.3) is 0 Å². The highest BCUT2D eigenvalue weighted by molar-refractivity contribution is 14.0. The lowest BCUT2D eigenvalue weighted by Crippen LogP contribution is -2.43. The monoisotopic (exact) mass is 449 g/mol. The first-order valence-electron chi connectivity index (χ1n) is 7.80. The minimum atomic E-state index is 0. The van der Waals surface area contributed by atoms with E-state index in [0.29, 0.717) is 11.4 Å². The number of nitrogens with zero attached hydrogens (tertiary/aromatic N) is 1. The molecular formula is C17H28IN3OS. The maximum atomic E-state index is 5.18. The van der Waals surface area contributed by atoms with Crippen molar-refractivity contribution in [2.45, 2.75) is 37.7 Å². The largest absolute Gasteiger partial charge is 0.380 e. The Balaban J connectivity index is 0.00000264. The lowest BCUT2D eigenvalue weighted by atomic mass is 10.1. The Kier molecular flexibility index (Phi) is 9.31. The Labute approximate surface area is 161 Å². The molecule has 2 N–H and O–H groups in total. The summed E-state index contributed by atoms with van der Waals surface area (Å²) in [6.07, 6.45) is 2.60. The number of hydrogen-bond donors (Lipinski definition) is 2. The van der Waals surface area contributed by atoms with Crippen LogP contribution in [0.3, 0.4) is 0 Å². The van der Waals surface area contributed by atoms with Gasteiger partial charge in [0, 0.05) is 32.0 Å². The summed E-state index contributed by atoms with van der Waals surface area (Å²) in [4.78, 5) is 4.31. The summed E-state index contributed by atoms with van der Waals surface area (Å²) in [6, 6.07) is 8.43. The van der Waals surface area contributed by atoms with Crippen LogP contribution in [0.25, 0.3) is 0 Å². The van der Waals surface area contributed by atoms with Gasteiger partial charge in [-0.25, -0.2) is 0 Å². The van der Waals surface area contributed by atoms with E-state index in [-0.39, 0.29) is 24.0 Å². The van der Waals surface area contributed by atoms with Crippen LogP contribution in [0.1, 0.15) is 30.9 Å². The number of thioether (sulfide) groups is 1. The van der Waals surface area contributed by atoms with E-state index in [1.54, 1.807) is 7.11 Å². The van der Waals surface area contributed by atoms with Gasteiger partial charge in [0.1, 0.15) is 0 Å². The van der Waals surface area contributed by atoms with Crippen molar-refractivity contribution in [3.05, 3.63) is 35.4 Å². The molecule has 23 heavy (non-hydrogen) atoms. The van der Waals surface area contributed by atoms with E-state index in [2.05, 4.69) is 58.6 Å². The first-order valence-corrected chi connectivity index (χ1v) is 8.79. The molecule has 1 aromatic carbocycles. The van der Waals surface area contributed by atoms with E-state index in [1.807, 2.05) is 7.05 Å². The Morgan fingerprint density at radius 3 is 2.78 bits per heavy atom. The third-order valence-electron chi connectivity index (χ3n) is 3.92. The van der Waals surface area contributed by atoms with Gasteiger partial charge >= 0.3 is 0 Å². The van der Waals surface area contributed by atoms with Gasteiger partial charge < -0.3 is 15.4 Å². The molecule has 1 aliphatic rings. The van der Waals surface area contributed by atoms with Gasteiger partial charge in [0.2, 0.25) is 0 Å². The topological polar surface area (TPSA) is 45.7 Å². The van der Waals surface area contributed by atoms with Crippen LogP contribution in [0.2, 0.25) is 0 Å². The number of nitrogens with one attached hydrogen (secondary N) is 2. The molecule has 0 radical (unpaired) electrons. The molecule has 0 aromatic heterocycles. The van der Waals surface area contributed by atoms with Gasteiger partial charge in [0.15, 0.2) is 5.96 Å². The number of methoxy groups -OCH3 is 1. The fourth-order valence-electron chi connectivity index (χ4n) is 2.65. The number of halogens is 1. The van der Waals surface area contributed by atoms with Gasteiger partial charge in [-0.3, -0.25) is 4.99 Å². The number of ether oxygens (including phenoxy) is 1. The average molecular weight is 449 g/mol. The molecule has 6 heteroatoms. The summed E-state index contributed by atoms with van der Waals surface area (Å²) >= 11 is 2.06. The molecule has 0 spiro atoms. The second-order valence-corrected chi connectivity index (χ2v) is 7.62. The van der Waals surface area contributed by atoms with Crippen molar-refractivity contribution in [3.63, 3.8) is 0 Å². The standard InChI is InChI=1S/C17H27N3OS.HI/c1-17(8-5-9-22-17)13-20-16(18-2)19-11-14-6-4-7-15(10-14)12-21-3;/h4,6-7,10H,5,8-9,11-13H2,1-3H3,(H2,18,19,20);1H. The van der Waals surface area contributed by atoms with Crippen molar-refractivity contribution < 1.29 is 4.74 Å². The van der Waals surface area contributed by atoms with Gasteiger partial charge in [-0.15, -0.1) is 24.0 Å². The zero-order chi connectivity index (χ0) is 15.8. The quantitative estimate of drug-likeness (QED) is 0.397. The van der Waals surface area contributed by atoms with E-state index in [9.17, 15) is 0 Å². The highest BCUT2D eigenvalue weighted by Crippen LogP contribution is 2.36. The normalized spacial score (nSPS) is 20.9. The minimum absolute atomic E-state index is 0. The molecule has 130 valence electrons. The van der Waals surface area contributed by atoms with E-state index >= 15 is 0 Å². The highest BCUT2D eigenvalue weighted by Gasteiger charge is 2.29. The molecule has 1 aliphatic heterocycles. The van der Waals surface area contributed by atoms with E-state index < -0.39 is 0 Å². The number of benzene rings is 1. The van der Waals surface area contributed by atoms with Gasteiger partial charge in [-0.1, -0.05) is 24.3 Å². The second-order valence-electron chi connectivity index (χ2n) is 5.93. The van der Waals surface area contributed by atoms with Crippen LogP contribution in [0.4, 0.5) is 0 Å². The van der Waals surface area contributed by atoms with Crippen molar-refractivity contribution >= 4 is 41.7 Å². The molecule has 1 aromatic rings. The number of hydrogen-bond acceptors (Lipinski definition) is 3. The van der Waals surface area contributed by atoms with Crippen LogP contribution in [0.5, 0.6) is 0 Å². The smallest absolute Gasteiger partial charge is 0.191 e. The zero-order valence-electron chi connectivity index (χ0n) is 14.2. The molecule has 1 saturated heterocycles. The molecule has 1 atom stereocenters.